The molecule has 1 saturated heterocycles. The van der Waals surface area contributed by atoms with Crippen LogP contribution < -0.4 is 26.4 Å². The summed E-state index contributed by atoms with van der Waals surface area (Å²) in [6.45, 7) is 0.841. The number of nitrogens with zero attached hydrogens (tertiary/aromatic N) is 5. The first kappa shape index (κ1) is 30.2. The van der Waals surface area contributed by atoms with Gasteiger partial charge in [-0.1, -0.05) is 25.0 Å². The molecule has 3 fully saturated rings. The lowest BCUT2D eigenvalue weighted by atomic mass is 9.92. The highest BCUT2D eigenvalue weighted by Gasteiger charge is 2.33. The van der Waals surface area contributed by atoms with Crippen LogP contribution in [-0.4, -0.2) is 68.3 Å². The van der Waals surface area contributed by atoms with E-state index in [0.29, 0.717) is 43.7 Å². The molecule has 3 heterocycles. The van der Waals surface area contributed by atoms with Crippen molar-refractivity contribution in [3.05, 3.63) is 30.6 Å². The Morgan fingerprint density at radius 1 is 0.932 bits per heavy atom. The predicted octanol–water partition coefficient (Wildman–Crippen LogP) is 5.56. The third kappa shape index (κ3) is 7.44. The average Bonchev–Trinajstić information content (AvgIpc) is 3.66. The number of hydrogen-bond donors (Lipinski definition) is 4. The second-order valence-corrected chi connectivity index (χ2v) is 11.8. The molecule has 5 N–H and O–H groups in total. The lowest BCUT2D eigenvalue weighted by Crippen LogP contribution is -2.41. The molecular weight excluding hydrogens is 579 g/mol. The van der Waals surface area contributed by atoms with E-state index in [0.717, 1.165) is 55.8 Å². The number of ether oxygens (including phenoxy) is 1. The first-order valence-corrected chi connectivity index (χ1v) is 15.3. The number of carbonyl (C=O) groups is 1. The van der Waals surface area contributed by atoms with Crippen molar-refractivity contribution in [1.82, 2.24) is 24.6 Å². The Morgan fingerprint density at radius 2 is 1.64 bits per heavy atom. The van der Waals surface area contributed by atoms with Crippen LogP contribution in [0.2, 0.25) is 0 Å². The number of aromatic nitrogens is 4. The molecule has 1 aromatic carbocycles. The van der Waals surface area contributed by atoms with Crippen molar-refractivity contribution in [3.63, 3.8) is 0 Å². The van der Waals surface area contributed by atoms with Crippen molar-refractivity contribution >= 4 is 34.7 Å². The molecule has 2 saturated carbocycles. The molecule has 12 nitrogen and oxygen atoms in total. The number of nitrogens with two attached hydrogens (primary N) is 1. The van der Waals surface area contributed by atoms with Crippen molar-refractivity contribution < 1.29 is 27.5 Å². The van der Waals surface area contributed by atoms with Crippen molar-refractivity contribution in [2.45, 2.75) is 94.7 Å². The maximum Gasteiger partial charge on any atom is 0.573 e. The van der Waals surface area contributed by atoms with Gasteiger partial charge >= 0.3 is 12.5 Å². The summed E-state index contributed by atoms with van der Waals surface area (Å²) in [5.41, 5.74) is 7.51. The maximum absolute atomic E-state index is 12.7. The first-order chi connectivity index (χ1) is 21.2. The SMILES string of the molecule is NC1CCC(Nc2nc(NC3CCN(OC(=O)Nc4ccccc4OC(F)(F)F)CC3)c3ncn(C4CCCC4)c3n2)CC1. The van der Waals surface area contributed by atoms with Gasteiger partial charge in [-0.25, -0.2) is 9.78 Å². The smallest absolute Gasteiger partial charge is 0.404 e. The standard InChI is InChI=1S/C29H38F3N9O3/c30-29(31,32)43-23-8-4-3-7-22(23)37-28(42)44-40-15-13-20(14-16-40)35-25-24-26(41(17-34-24)21-5-1-2-6-21)39-27(38-25)36-19-11-9-18(33)10-12-19/h3-4,7-8,17-21H,1-2,5-6,9-16,33H2,(H,37,42)(H2,35,36,38,39). The minimum atomic E-state index is -4.89. The molecule has 44 heavy (non-hydrogen) atoms. The second-order valence-electron chi connectivity index (χ2n) is 11.8. The molecule has 0 spiro atoms. The molecule has 2 aliphatic carbocycles. The second kappa shape index (κ2) is 13.0. The number of imidazole rings is 1. The van der Waals surface area contributed by atoms with Crippen molar-refractivity contribution in [3.8, 4) is 5.75 Å². The van der Waals surface area contributed by atoms with Gasteiger partial charge in [0, 0.05) is 37.3 Å². The van der Waals surface area contributed by atoms with Gasteiger partial charge in [-0.2, -0.15) is 9.97 Å². The van der Waals surface area contributed by atoms with Crippen molar-refractivity contribution in [2.75, 3.05) is 29.0 Å². The van der Waals surface area contributed by atoms with Crippen molar-refractivity contribution in [2.24, 2.45) is 5.73 Å². The molecule has 1 amide bonds. The fourth-order valence-corrected chi connectivity index (χ4v) is 6.30. The van der Waals surface area contributed by atoms with Crippen LogP contribution in [0.25, 0.3) is 11.2 Å². The number of benzene rings is 1. The summed E-state index contributed by atoms with van der Waals surface area (Å²) < 4.78 is 44.3. The number of hydrogen-bond acceptors (Lipinski definition) is 10. The van der Waals surface area contributed by atoms with E-state index in [1.165, 1.54) is 36.1 Å². The summed E-state index contributed by atoms with van der Waals surface area (Å²) in [7, 11) is 0. The fraction of sp³-hybridized carbons (Fsp3) is 0.586. The lowest BCUT2D eigenvalue weighted by molar-refractivity contribution is -0.274. The van der Waals surface area contributed by atoms with Gasteiger partial charge < -0.3 is 30.5 Å². The predicted molar refractivity (Wildman–Crippen MR) is 158 cm³/mol. The number of rotatable bonds is 8. The van der Waals surface area contributed by atoms with E-state index in [2.05, 4.69) is 25.3 Å². The summed E-state index contributed by atoms with van der Waals surface area (Å²) in [5, 5.41) is 10.9. The summed E-state index contributed by atoms with van der Waals surface area (Å²) in [6.07, 6.45) is 5.85. The van der Waals surface area contributed by atoms with E-state index in [1.807, 2.05) is 6.33 Å². The highest BCUT2D eigenvalue weighted by atomic mass is 19.4. The molecule has 0 atom stereocenters. The Kier molecular flexibility index (Phi) is 8.93. The lowest BCUT2D eigenvalue weighted by Gasteiger charge is -2.31. The fourth-order valence-electron chi connectivity index (χ4n) is 6.30. The molecule has 3 aliphatic rings. The Balaban J connectivity index is 1.09. The largest absolute Gasteiger partial charge is 0.573 e. The van der Waals surface area contributed by atoms with Crippen molar-refractivity contribution in [1.29, 1.82) is 0 Å². The molecule has 15 heteroatoms. The summed E-state index contributed by atoms with van der Waals surface area (Å²) in [6, 6.07) is 6.22. The van der Waals surface area contributed by atoms with Crippen LogP contribution in [0.1, 0.15) is 70.3 Å². The third-order valence-corrected chi connectivity index (χ3v) is 8.60. The van der Waals surface area contributed by atoms with Crippen LogP contribution in [-0.2, 0) is 4.84 Å². The Hall–Kier alpha value is -3.85. The van der Waals surface area contributed by atoms with E-state index in [-0.39, 0.29) is 23.8 Å². The van der Waals surface area contributed by atoms with Gasteiger partial charge in [-0.05, 0) is 63.5 Å². The van der Waals surface area contributed by atoms with Crippen LogP contribution in [0.15, 0.2) is 30.6 Å². The van der Waals surface area contributed by atoms with Gasteiger partial charge in [0.1, 0.15) is 0 Å². The summed E-state index contributed by atoms with van der Waals surface area (Å²) in [5.74, 6) is 0.722. The molecule has 238 valence electrons. The number of alkyl halides is 3. The normalized spacial score (nSPS) is 22.2. The zero-order valence-electron chi connectivity index (χ0n) is 24.4. The molecule has 2 aromatic heterocycles. The number of anilines is 3. The number of halogens is 3. The van der Waals surface area contributed by atoms with E-state index >= 15 is 0 Å². The Bertz CT molecular complexity index is 1430. The maximum atomic E-state index is 12.7. The highest BCUT2D eigenvalue weighted by molar-refractivity contribution is 5.86. The van der Waals surface area contributed by atoms with Gasteiger partial charge in [0.05, 0.1) is 12.0 Å². The van der Waals surface area contributed by atoms with Gasteiger partial charge in [0.25, 0.3) is 0 Å². The zero-order chi connectivity index (χ0) is 30.7. The molecule has 3 aromatic rings. The number of carbonyl (C=O) groups excluding carboxylic acids is 1. The minimum Gasteiger partial charge on any atom is -0.404 e. The summed E-state index contributed by atoms with van der Waals surface area (Å²) >= 11 is 0. The van der Waals surface area contributed by atoms with E-state index in [4.69, 9.17) is 25.5 Å². The molecule has 0 bridgehead atoms. The first-order valence-electron chi connectivity index (χ1n) is 15.3. The van der Waals surface area contributed by atoms with E-state index < -0.39 is 18.2 Å². The third-order valence-electron chi connectivity index (χ3n) is 8.60. The molecule has 1 aliphatic heterocycles. The molecule has 6 rings (SSSR count). The summed E-state index contributed by atoms with van der Waals surface area (Å²) in [4.78, 5) is 32.3. The minimum absolute atomic E-state index is 0.0362. The van der Waals surface area contributed by atoms with Crippen LogP contribution >= 0.6 is 0 Å². The van der Waals surface area contributed by atoms with E-state index in [9.17, 15) is 18.0 Å². The zero-order valence-corrected chi connectivity index (χ0v) is 24.4. The Morgan fingerprint density at radius 3 is 2.36 bits per heavy atom. The van der Waals surface area contributed by atoms with Crippen LogP contribution in [0.5, 0.6) is 5.75 Å². The molecular formula is C29H38F3N9O3. The van der Waals surface area contributed by atoms with Crippen LogP contribution in [0.3, 0.4) is 0 Å². The van der Waals surface area contributed by atoms with Crippen LogP contribution in [0, 0.1) is 0 Å². The number of nitrogens with one attached hydrogen (secondary N) is 3. The number of piperidine rings is 1. The average molecular weight is 618 g/mol. The topological polar surface area (TPSA) is 144 Å². The number of hydroxylamine groups is 2. The molecule has 0 unspecified atom stereocenters. The highest BCUT2D eigenvalue weighted by Crippen LogP contribution is 2.34. The number of fused-ring (bicyclic) bond motifs is 1. The molecule has 0 radical (unpaired) electrons. The number of amides is 1. The Labute approximate surface area is 252 Å². The quantitative estimate of drug-likeness (QED) is 0.254. The van der Waals surface area contributed by atoms with Crippen LogP contribution in [0.4, 0.5) is 35.4 Å². The number of para-hydroxylation sites is 2. The van der Waals surface area contributed by atoms with Gasteiger partial charge in [-0.15, -0.1) is 18.2 Å². The monoisotopic (exact) mass is 617 g/mol. The van der Waals surface area contributed by atoms with E-state index in [1.54, 1.807) is 0 Å². The van der Waals surface area contributed by atoms with Gasteiger partial charge in [0.2, 0.25) is 5.95 Å². The van der Waals surface area contributed by atoms with Gasteiger partial charge in [0.15, 0.2) is 22.7 Å². The van der Waals surface area contributed by atoms with Gasteiger partial charge in [-0.3, -0.25) is 5.32 Å².